The second-order valence-electron chi connectivity index (χ2n) is 6.56. The number of hydrogen-bond acceptors (Lipinski definition) is 6. The van der Waals surface area contributed by atoms with E-state index in [4.69, 9.17) is 16.3 Å². The fourth-order valence-corrected chi connectivity index (χ4v) is 4.39. The average molecular weight is 442 g/mol. The molecule has 0 fully saturated rings. The smallest absolute Gasteiger partial charge is 0.294 e. The van der Waals surface area contributed by atoms with E-state index in [1.54, 1.807) is 41.8 Å². The summed E-state index contributed by atoms with van der Waals surface area (Å²) >= 11 is 7.46. The number of nitrogens with zero attached hydrogens (tertiary/aromatic N) is 1. The minimum absolute atomic E-state index is 0.0259. The molecule has 1 aliphatic heterocycles. The van der Waals surface area contributed by atoms with Gasteiger partial charge in [0.2, 0.25) is 5.78 Å². The molecule has 1 aromatic heterocycles. The van der Waals surface area contributed by atoms with Crippen molar-refractivity contribution in [1.82, 2.24) is 0 Å². The molecular formula is C22H16ClNO5S. The van der Waals surface area contributed by atoms with Gasteiger partial charge in [-0.25, -0.2) is 0 Å². The summed E-state index contributed by atoms with van der Waals surface area (Å²) < 4.78 is 5.17. The van der Waals surface area contributed by atoms with Gasteiger partial charge in [0.05, 0.1) is 28.6 Å². The van der Waals surface area contributed by atoms with Crippen LogP contribution in [-0.4, -0.2) is 29.0 Å². The van der Waals surface area contributed by atoms with Crippen LogP contribution in [0.25, 0.3) is 0 Å². The number of carbonyl (C=O) groups excluding carboxylic acids is 2. The molecule has 6 nitrogen and oxygen atoms in total. The van der Waals surface area contributed by atoms with Crippen LogP contribution >= 0.6 is 22.9 Å². The minimum atomic E-state index is -0.941. The molecule has 0 saturated carbocycles. The Morgan fingerprint density at radius 3 is 2.57 bits per heavy atom. The quantitative estimate of drug-likeness (QED) is 0.550. The summed E-state index contributed by atoms with van der Waals surface area (Å²) in [5.41, 5.74) is 0.791. The van der Waals surface area contributed by atoms with Gasteiger partial charge in [-0.3, -0.25) is 14.5 Å². The van der Waals surface area contributed by atoms with Crippen LogP contribution in [-0.2, 0) is 4.79 Å². The normalized spacial score (nSPS) is 16.3. The minimum Gasteiger partial charge on any atom is -0.508 e. The standard InChI is InChI=1S/C22H16ClNO5S/c1-29-16-8-7-13(11-15(16)23)24-19(12-4-2-5-14(25)10-12)18(21(27)22(24)28)20(26)17-6-3-9-30-17/h2-11,19,25,27H,1H3. The maximum absolute atomic E-state index is 13.2. The van der Waals surface area contributed by atoms with Crippen LogP contribution in [0, 0.1) is 0 Å². The van der Waals surface area contributed by atoms with Crippen molar-refractivity contribution in [3.63, 3.8) is 0 Å². The topological polar surface area (TPSA) is 87.1 Å². The molecule has 0 saturated heterocycles. The predicted octanol–water partition coefficient (Wildman–Crippen LogP) is 4.90. The number of benzene rings is 2. The first-order valence-corrected chi connectivity index (χ1v) is 10.2. The third kappa shape index (κ3) is 3.32. The molecule has 2 heterocycles. The van der Waals surface area contributed by atoms with Crippen molar-refractivity contribution in [2.24, 2.45) is 0 Å². The van der Waals surface area contributed by atoms with Crippen LogP contribution in [0.15, 0.2) is 71.3 Å². The molecule has 8 heteroatoms. The Morgan fingerprint density at radius 2 is 1.93 bits per heavy atom. The van der Waals surface area contributed by atoms with Crippen molar-refractivity contribution in [2.45, 2.75) is 6.04 Å². The molecule has 0 radical (unpaired) electrons. The monoisotopic (exact) mass is 441 g/mol. The first kappa shape index (κ1) is 20.0. The van der Waals surface area contributed by atoms with Crippen LogP contribution < -0.4 is 9.64 Å². The van der Waals surface area contributed by atoms with E-state index in [1.165, 1.54) is 41.5 Å². The maximum atomic E-state index is 13.2. The second-order valence-corrected chi connectivity index (χ2v) is 7.92. The van der Waals surface area contributed by atoms with Gasteiger partial charge in [0.1, 0.15) is 11.5 Å². The highest BCUT2D eigenvalue weighted by molar-refractivity contribution is 7.12. The summed E-state index contributed by atoms with van der Waals surface area (Å²) in [6.07, 6.45) is 0. The Balaban J connectivity index is 1.89. The van der Waals surface area contributed by atoms with Crippen molar-refractivity contribution in [2.75, 3.05) is 12.0 Å². The van der Waals surface area contributed by atoms with Gasteiger partial charge in [0, 0.05) is 5.69 Å². The Morgan fingerprint density at radius 1 is 1.13 bits per heavy atom. The van der Waals surface area contributed by atoms with Gasteiger partial charge < -0.3 is 14.9 Å². The van der Waals surface area contributed by atoms with E-state index in [2.05, 4.69) is 0 Å². The van der Waals surface area contributed by atoms with Gasteiger partial charge in [-0.05, 0) is 47.3 Å². The Kier molecular flexibility index (Phi) is 5.24. The number of phenols is 1. The third-order valence-corrected chi connectivity index (χ3v) is 5.96. The van der Waals surface area contributed by atoms with Crippen LogP contribution in [0.5, 0.6) is 11.5 Å². The van der Waals surface area contributed by atoms with E-state index in [9.17, 15) is 19.8 Å². The van der Waals surface area contributed by atoms with Gasteiger partial charge >= 0.3 is 0 Å². The van der Waals surface area contributed by atoms with E-state index in [0.29, 0.717) is 21.9 Å². The molecule has 1 unspecified atom stereocenters. The summed E-state index contributed by atoms with van der Waals surface area (Å²) in [6.45, 7) is 0. The van der Waals surface area contributed by atoms with E-state index in [-0.39, 0.29) is 16.3 Å². The number of halogens is 1. The molecule has 152 valence electrons. The molecule has 1 atom stereocenters. The molecule has 0 spiro atoms. The number of anilines is 1. The Bertz CT molecular complexity index is 1170. The number of methoxy groups -OCH3 is 1. The third-order valence-electron chi connectivity index (χ3n) is 4.80. The maximum Gasteiger partial charge on any atom is 0.294 e. The van der Waals surface area contributed by atoms with Gasteiger partial charge in [0.15, 0.2) is 5.76 Å². The lowest BCUT2D eigenvalue weighted by Crippen LogP contribution is -2.31. The first-order valence-electron chi connectivity index (χ1n) is 8.89. The summed E-state index contributed by atoms with van der Waals surface area (Å²) in [4.78, 5) is 27.9. The van der Waals surface area contributed by atoms with Crippen molar-refractivity contribution >= 4 is 40.3 Å². The number of aliphatic hydroxyl groups excluding tert-OH is 1. The fourth-order valence-electron chi connectivity index (χ4n) is 3.46. The van der Waals surface area contributed by atoms with Crippen molar-refractivity contribution in [1.29, 1.82) is 0 Å². The lowest BCUT2D eigenvalue weighted by molar-refractivity contribution is -0.117. The van der Waals surface area contributed by atoms with E-state index in [1.807, 2.05) is 0 Å². The molecule has 4 rings (SSSR count). The number of rotatable bonds is 5. The lowest BCUT2D eigenvalue weighted by atomic mass is 9.95. The zero-order chi connectivity index (χ0) is 21.4. The first-order chi connectivity index (χ1) is 14.4. The van der Waals surface area contributed by atoms with E-state index in [0.717, 1.165) is 0 Å². The molecule has 2 N–H and O–H groups in total. The molecule has 30 heavy (non-hydrogen) atoms. The summed E-state index contributed by atoms with van der Waals surface area (Å²) in [7, 11) is 1.47. The Hall–Kier alpha value is -3.29. The average Bonchev–Trinajstić information content (AvgIpc) is 3.35. The Labute approximate surface area is 181 Å². The molecule has 0 bridgehead atoms. The fraction of sp³-hybridized carbons (Fsp3) is 0.0909. The SMILES string of the molecule is COc1ccc(N2C(=O)C(O)=C(C(=O)c3cccs3)C2c2cccc(O)c2)cc1Cl. The number of phenolic OH excluding ortho intramolecular Hbond substituents is 1. The van der Waals surface area contributed by atoms with Crippen molar-refractivity contribution in [3.05, 3.63) is 86.8 Å². The zero-order valence-electron chi connectivity index (χ0n) is 15.7. The molecule has 2 aromatic carbocycles. The van der Waals surface area contributed by atoms with E-state index < -0.39 is 23.5 Å². The highest BCUT2D eigenvalue weighted by atomic mass is 35.5. The molecule has 1 amide bonds. The number of aromatic hydroxyl groups is 1. The number of aliphatic hydroxyl groups is 1. The number of hydrogen-bond donors (Lipinski definition) is 2. The highest BCUT2D eigenvalue weighted by Gasteiger charge is 2.45. The van der Waals surface area contributed by atoms with Crippen LogP contribution in [0.1, 0.15) is 21.3 Å². The van der Waals surface area contributed by atoms with Gasteiger partial charge in [0.25, 0.3) is 5.91 Å². The lowest BCUT2D eigenvalue weighted by Gasteiger charge is -2.27. The largest absolute Gasteiger partial charge is 0.508 e. The summed E-state index contributed by atoms with van der Waals surface area (Å²) in [5, 5.41) is 22.7. The predicted molar refractivity (Wildman–Crippen MR) is 115 cm³/mol. The number of amides is 1. The van der Waals surface area contributed by atoms with Crippen molar-refractivity contribution < 1.29 is 24.5 Å². The van der Waals surface area contributed by atoms with Crippen LogP contribution in [0.4, 0.5) is 5.69 Å². The van der Waals surface area contributed by atoms with Gasteiger partial charge in [-0.1, -0.05) is 29.8 Å². The molecular weight excluding hydrogens is 426 g/mol. The van der Waals surface area contributed by atoms with E-state index >= 15 is 0 Å². The van der Waals surface area contributed by atoms with Gasteiger partial charge in [-0.2, -0.15) is 0 Å². The molecule has 1 aliphatic rings. The van der Waals surface area contributed by atoms with Crippen LogP contribution in [0.2, 0.25) is 5.02 Å². The number of carbonyl (C=O) groups is 2. The highest BCUT2D eigenvalue weighted by Crippen LogP contribution is 2.44. The van der Waals surface area contributed by atoms with Crippen molar-refractivity contribution in [3.8, 4) is 11.5 Å². The number of ketones is 1. The number of thiophene rings is 1. The second kappa shape index (κ2) is 7.85. The van der Waals surface area contributed by atoms with Gasteiger partial charge in [-0.15, -0.1) is 11.3 Å². The summed E-state index contributed by atoms with van der Waals surface area (Å²) in [5.74, 6) is -1.42. The molecule has 0 aliphatic carbocycles. The summed E-state index contributed by atoms with van der Waals surface area (Å²) in [6, 6.07) is 13.4. The van der Waals surface area contributed by atoms with Crippen LogP contribution in [0.3, 0.4) is 0 Å². The zero-order valence-corrected chi connectivity index (χ0v) is 17.3. The number of ether oxygens (including phenoxy) is 1. The molecule has 3 aromatic rings. The number of Topliss-reactive ketones (excluding diaryl/α,β-unsaturated/α-hetero) is 1.